The first-order valence-electron chi connectivity index (χ1n) is 6.23. The van der Waals surface area contributed by atoms with Gasteiger partial charge in [-0.2, -0.15) is 0 Å². The van der Waals surface area contributed by atoms with Crippen molar-refractivity contribution in [3.8, 4) is 0 Å². The summed E-state index contributed by atoms with van der Waals surface area (Å²) in [4.78, 5) is 16.5. The van der Waals surface area contributed by atoms with Crippen molar-refractivity contribution in [3.05, 3.63) is 51.8 Å². The van der Waals surface area contributed by atoms with Crippen molar-refractivity contribution in [3.63, 3.8) is 0 Å². The Balaban J connectivity index is 2.25. The van der Waals surface area contributed by atoms with Crippen molar-refractivity contribution in [1.29, 1.82) is 0 Å². The third-order valence-electron chi connectivity index (χ3n) is 2.97. The van der Waals surface area contributed by atoms with E-state index in [1.165, 1.54) is 0 Å². The molecule has 1 heterocycles. The minimum absolute atomic E-state index is 0.177. The molecule has 0 unspecified atom stereocenters. The lowest BCUT2D eigenvalue weighted by atomic mass is 10.1. The number of nitrogens with zero attached hydrogens (tertiary/aromatic N) is 1. The summed E-state index contributed by atoms with van der Waals surface area (Å²) in [6.07, 6.45) is 1.59. The van der Waals surface area contributed by atoms with Gasteiger partial charge in [0.2, 0.25) is 0 Å². The van der Waals surface area contributed by atoms with Crippen LogP contribution in [0.15, 0.2) is 34.9 Å². The molecule has 1 amide bonds. The fourth-order valence-electron chi connectivity index (χ4n) is 1.87. The van der Waals surface area contributed by atoms with Crippen LogP contribution < -0.4 is 10.6 Å². The van der Waals surface area contributed by atoms with Gasteiger partial charge in [0, 0.05) is 29.1 Å². The van der Waals surface area contributed by atoms with Crippen LogP contribution in [-0.4, -0.2) is 17.9 Å². The highest BCUT2D eigenvalue weighted by molar-refractivity contribution is 9.10. The summed E-state index contributed by atoms with van der Waals surface area (Å²) in [5.41, 5.74) is 3.99. The summed E-state index contributed by atoms with van der Waals surface area (Å²) < 4.78 is 1.02. The number of carbonyl (C=O) groups excluding carboxylic acids is 1. The zero-order valence-corrected chi connectivity index (χ0v) is 13.2. The number of hydrogen-bond donors (Lipinski definition) is 2. The number of aromatic nitrogens is 1. The van der Waals surface area contributed by atoms with Crippen molar-refractivity contribution >= 4 is 33.2 Å². The first-order chi connectivity index (χ1) is 9.51. The minimum Gasteiger partial charge on any atom is -0.387 e. The number of nitrogens with one attached hydrogen (secondary N) is 2. The van der Waals surface area contributed by atoms with E-state index in [-0.39, 0.29) is 5.91 Å². The summed E-state index contributed by atoms with van der Waals surface area (Å²) in [5, 5.41) is 5.90. The van der Waals surface area contributed by atoms with E-state index in [1.54, 1.807) is 13.2 Å². The highest BCUT2D eigenvalue weighted by atomic mass is 79.9. The first kappa shape index (κ1) is 14.5. The lowest BCUT2D eigenvalue weighted by Crippen LogP contribution is -2.14. The fraction of sp³-hybridized carbons (Fsp3) is 0.200. The molecule has 0 radical (unpaired) electrons. The van der Waals surface area contributed by atoms with E-state index in [1.807, 2.05) is 38.1 Å². The number of anilines is 2. The van der Waals surface area contributed by atoms with Gasteiger partial charge < -0.3 is 10.6 Å². The largest absolute Gasteiger partial charge is 0.387 e. The van der Waals surface area contributed by atoms with Gasteiger partial charge in [-0.15, -0.1) is 0 Å². The van der Waals surface area contributed by atoms with Crippen molar-refractivity contribution in [1.82, 2.24) is 4.98 Å². The lowest BCUT2D eigenvalue weighted by Gasteiger charge is -2.11. The maximum atomic E-state index is 12.3. The predicted molar refractivity (Wildman–Crippen MR) is 85.4 cm³/mol. The third-order valence-corrected chi connectivity index (χ3v) is 3.86. The van der Waals surface area contributed by atoms with Crippen LogP contribution in [-0.2, 0) is 0 Å². The number of benzene rings is 1. The third kappa shape index (κ3) is 3.17. The topological polar surface area (TPSA) is 54.0 Å². The second-order valence-corrected chi connectivity index (χ2v) is 5.39. The van der Waals surface area contributed by atoms with Crippen LogP contribution in [0.2, 0.25) is 0 Å². The molecule has 0 aliphatic heterocycles. The Morgan fingerprint density at radius 3 is 2.65 bits per heavy atom. The van der Waals surface area contributed by atoms with Gasteiger partial charge in [-0.3, -0.25) is 9.78 Å². The maximum Gasteiger partial charge on any atom is 0.259 e. The molecule has 0 saturated carbocycles. The SMILES string of the molecule is CNc1cc(C)ncc1C(=O)Nc1ccc(Br)c(C)c1. The van der Waals surface area contributed by atoms with Crippen LogP contribution in [0.4, 0.5) is 11.4 Å². The second-order valence-electron chi connectivity index (χ2n) is 4.54. The van der Waals surface area contributed by atoms with Gasteiger partial charge in [0.05, 0.1) is 11.3 Å². The predicted octanol–water partition coefficient (Wildman–Crippen LogP) is 3.75. The summed E-state index contributed by atoms with van der Waals surface area (Å²) in [7, 11) is 1.79. The molecule has 2 N–H and O–H groups in total. The first-order valence-corrected chi connectivity index (χ1v) is 7.02. The number of halogens is 1. The van der Waals surface area contributed by atoms with Crippen LogP contribution >= 0.6 is 15.9 Å². The Morgan fingerprint density at radius 2 is 2.00 bits per heavy atom. The van der Waals surface area contributed by atoms with Crippen LogP contribution in [0.3, 0.4) is 0 Å². The smallest absolute Gasteiger partial charge is 0.259 e. The van der Waals surface area contributed by atoms with E-state index in [4.69, 9.17) is 0 Å². The van der Waals surface area contributed by atoms with E-state index >= 15 is 0 Å². The van der Waals surface area contributed by atoms with Gasteiger partial charge in [-0.1, -0.05) is 15.9 Å². The van der Waals surface area contributed by atoms with Gasteiger partial charge in [0.1, 0.15) is 0 Å². The van der Waals surface area contributed by atoms with Crippen molar-refractivity contribution in [2.45, 2.75) is 13.8 Å². The molecule has 0 spiro atoms. The Morgan fingerprint density at radius 1 is 1.25 bits per heavy atom. The van der Waals surface area contributed by atoms with Gasteiger partial charge in [0.25, 0.3) is 5.91 Å². The summed E-state index contributed by atoms with van der Waals surface area (Å²) >= 11 is 3.44. The fourth-order valence-corrected chi connectivity index (χ4v) is 2.12. The molecule has 20 heavy (non-hydrogen) atoms. The molecule has 0 atom stereocenters. The number of pyridine rings is 1. The Bertz CT molecular complexity index is 656. The van der Waals surface area contributed by atoms with Crippen LogP contribution in [0.25, 0.3) is 0 Å². The van der Waals surface area contributed by atoms with Crippen LogP contribution in [0, 0.1) is 13.8 Å². The summed E-state index contributed by atoms with van der Waals surface area (Å²) in [6, 6.07) is 7.54. The molecule has 0 bridgehead atoms. The molecule has 4 nitrogen and oxygen atoms in total. The number of hydrogen-bond acceptors (Lipinski definition) is 3. The van der Waals surface area contributed by atoms with Crippen molar-refractivity contribution in [2.24, 2.45) is 0 Å². The molecule has 0 fully saturated rings. The zero-order valence-electron chi connectivity index (χ0n) is 11.6. The quantitative estimate of drug-likeness (QED) is 0.899. The van der Waals surface area contributed by atoms with Gasteiger partial charge in [-0.25, -0.2) is 0 Å². The molecular formula is C15H16BrN3O. The van der Waals surface area contributed by atoms with Gasteiger partial charge >= 0.3 is 0 Å². The standard InChI is InChI=1S/C15H16BrN3O/c1-9-6-11(4-5-13(9)16)19-15(20)12-8-18-10(2)7-14(12)17-3/h4-8H,1-3H3,(H,17,18)(H,19,20). The monoisotopic (exact) mass is 333 g/mol. The number of carbonyl (C=O) groups is 1. The Hall–Kier alpha value is -1.88. The number of amides is 1. The van der Waals surface area contributed by atoms with Crippen LogP contribution in [0.1, 0.15) is 21.6 Å². The molecular weight excluding hydrogens is 318 g/mol. The van der Waals surface area contributed by atoms with Crippen LogP contribution in [0.5, 0.6) is 0 Å². The highest BCUT2D eigenvalue weighted by Crippen LogP contribution is 2.22. The van der Waals surface area contributed by atoms with E-state index in [2.05, 4.69) is 31.5 Å². The average Bonchev–Trinajstić information content (AvgIpc) is 2.42. The van der Waals surface area contributed by atoms with Crippen molar-refractivity contribution in [2.75, 3.05) is 17.7 Å². The van der Waals surface area contributed by atoms with E-state index in [9.17, 15) is 4.79 Å². The molecule has 0 saturated heterocycles. The molecule has 2 rings (SSSR count). The lowest BCUT2D eigenvalue weighted by molar-refractivity contribution is 0.102. The molecule has 1 aromatic carbocycles. The van der Waals surface area contributed by atoms with Gasteiger partial charge in [0.15, 0.2) is 0 Å². The molecule has 104 valence electrons. The molecule has 0 aliphatic carbocycles. The normalized spacial score (nSPS) is 10.2. The number of rotatable bonds is 3. The van der Waals surface area contributed by atoms with Crippen molar-refractivity contribution < 1.29 is 4.79 Å². The average molecular weight is 334 g/mol. The van der Waals surface area contributed by atoms with E-state index in [0.29, 0.717) is 5.56 Å². The Labute approximate surface area is 126 Å². The summed E-state index contributed by atoms with van der Waals surface area (Å²) in [5.74, 6) is -0.177. The maximum absolute atomic E-state index is 12.3. The minimum atomic E-state index is -0.177. The Kier molecular flexibility index (Phi) is 4.39. The molecule has 5 heteroatoms. The van der Waals surface area contributed by atoms with E-state index in [0.717, 1.165) is 27.1 Å². The summed E-state index contributed by atoms with van der Waals surface area (Å²) in [6.45, 7) is 3.87. The second kappa shape index (κ2) is 6.05. The van der Waals surface area contributed by atoms with E-state index < -0.39 is 0 Å². The highest BCUT2D eigenvalue weighted by Gasteiger charge is 2.12. The molecule has 1 aromatic heterocycles. The molecule has 2 aromatic rings. The zero-order chi connectivity index (χ0) is 14.7. The number of aryl methyl sites for hydroxylation is 2. The molecule has 0 aliphatic rings. The van der Waals surface area contributed by atoms with Gasteiger partial charge in [-0.05, 0) is 43.7 Å².